The molecule has 0 bridgehead atoms. The summed E-state index contributed by atoms with van der Waals surface area (Å²) < 4.78 is 13.0. The van der Waals surface area contributed by atoms with Gasteiger partial charge in [0.25, 0.3) is 5.91 Å². The van der Waals surface area contributed by atoms with Crippen LogP contribution in [0.4, 0.5) is 10.1 Å². The highest BCUT2D eigenvalue weighted by atomic mass is 19.1. The topological polar surface area (TPSA) is 68.0 Å². The van der Waals surface area contributed by atoms with Crippen molar-refractivity contribution in [2.75, 3.05) is 12.3 Å². The van der Waals surface area contributed by atoms with E-state index in [-0.39, 0.29) is 17.2 Å². The standard InChI is InChI=1S/C14H14FN3O/c15-10-4-5-13(16)12(9-10)14(19)18-8-6-11-3-1-2-7-17-11/h1-5,7,9H,6,8,16H2,(H,18,19). The number of hydrogen-bond donors (Lipinski definition) is 2. The molecule has 3 N–H and O–H groups in total. The van der Waals surface area contributed by atoms with Gasteiger partial charge < -0.3 is 11.1 Å². The Morgan fingerprint density at radius 1 is 1.32 bits per heavy atom. The minimum atomic E-state index is -0.482. The summed E-state index contributed by atoms with van der Waals surface area (Å²) >= 11 is 0. The number of nitrogens with two attached hydrogens (primary N) is 1. The van der Waals surface area contributed by atoms with Crippen molar-refractivity contribution in [3.63, 3.8) is 0 Å². The minimum Gasteiger partial charge on any atom is -0.398 e. The van der Waals surface area contributed by atoms with Crippen LogP contribution in [0.1, 0.15) is 16.1 Å². The second kappa shape index (κ2) is 5.95. The molecule has 1 amide bonds. The summed E-state index contributed by atoms with van der Waals surface area (Å²) in [5.74, 6) is -0.864. The summed E-state index contributed by atoms with van der Waals surface area (Å²) in [5, 5.41) is 2.69. The van der Waals surface area contributed by atoms with Crippen molar-refractivity contribution in [3.8, 4) is 0 Å². The molecule has 0 fully saturated rings. The first-order valence-corrected chi connectivity index (χ1v) is 5.90. The van der Waals surface area contributed by atoms with E-state index in [2.05, 4.69) is 10.3 Å². The van der Waals surface area contributed by atoms with Crippen molar-refractivity contribution < 1.29 is 9.18 Å². The fourth-order valence-electron chi connectivity index (χ4n) is 1.67. The lowest BCUT2D eigenvalue weighted by atomic mass is 10.1. The van der Waals surface area contributed by atoms with E-state index in [1.165, 1.54) is 12.1 Å². The molecule has 0 saturated carbocycles. The Hall–Kier alpha value is -2.43. The van der Waals surface area contributed by atoms with Crippen LogP contribution in [0, 0.1) is 5.82 Å². The molecule has 1 aromatic carbocycles. The molecule has 0 aliphatic rings. The molecule has 98 valence electrons. The van der Waals surface area contributed by atoms with Crippen LogP contribution in [0.3, 0.4) is 0 Å². The fourth-order valence-corrected chi connectivity index (χ4v) is 1.67. The Morgan fingerprint density at radius 2 is 2.16 bits per heavy atom. The van der Waals surface area contributed by atoms with E-state index in [0.717, 1.165) is 11.8 Å². The third-order valence-electron chi connectivity index (χ3n) is 2.65. The summed E-state index contributed by atoms with van der Waals surface area (Å²) in [7, 11) is 0. The number of nitrogen functional groups attached to an aromatic ring is 1. The Bertz CT molecular complexity index is 572. The predicted octanol–water partition coefficient (Wildman–Crippen LogP) is 1.78. The molecule has 0 unspecified atom stereocenters. The normalized spacial score (nSPS) is 10.2. The van der Waals surface area contributed by atoms with Gasteiger partial charge in [-0.3, -0.25) is 9.78 Å². The Labute approximate surface area is 110 Å². The highest BCUT2D eigenvalue weighted by Crippen LogP contribution is 2.12. The molecular weight excluding hydrogens is 245 g/mol. The lowest BCUT2D eigenvalue weighted by Gasteiger charge is -2.07. The largest absolute Gasteiger partial charge is 0.398 e. The monoisotopic (exact) mass is 259 g/mol. The van der Waals surface area contributed by atoms with E-state index in [4.69, 9.17) is 5.73 Å². The molecule has 0 spiro atoms. The second-order valence-corrected chi connectivity index (χ2v) is 4.06. The summed E-state index contributed by atoms with van der Waals surface area (Å²) in [6.07, 6.45) is 2.31. The molecule has 0 aliphatic carbocycles. The zero-order valence-corrected chi connectivity index (χ0v) is 10.3. The zero-order chi connectivity index (χ0) is 13.7. The summed E-state index contributed by atoms with van der Waals surface area (Å²) in [6, 6.07) is 9.32. The molecule has 5 heteroatoms. The maximum atomic E-state index is 13.0. The average molecular weight is 259 g/mol. The van der Waals surface area contributed by atoms with E-state index in [1.807, 2.05) is 18.2 Å². The van der Waals surface area contributed by atoms with Gasteiger partial charge in [-0.05, 0) is 30.3 Å². The number of nitrogens with one attached hydrogen (secondary N) is 1. The van der Waals surface area contributed by atoms with Crippen molar-refractivity contribution in [3.05, 3.63) is 59.7 Å². The van der Waals surface area contributed by atoms with Gasteiger partial charge in [-0.2, -0.15) is 0 Å². The Morgan fingerprint density at radius 3 is 2.89 bits per heavy atom. The van der Waals surface area contributed by atoms with Gasteiger partial charge in [0, 0.05) is 30.5 Å². The van der Waals surface area contributed by atoms with Gasteiger partial charge in [0.1, 0.15) is 5.82 Å². The molecule has 0 radical (unpaired) electrons. The first-order chi connectivity index (χ1) is 9.16. The number of amides is 1. The second-order valence-electron chi connectivity index (χ2n) is 4.06. The predicted molar refractivity (Wildman–Crippen MR) is 71.1 cm³/mol. The molecule has 0 saturated heterocycles. The number of aromatic nitrogens is 1. The van der Waals surface area contributed by atoms with Crippen molar-refractivity contribution in [2.24, 2.45) is 0 Å². The van der Waals surface area contributed by atoms with Gasteiger partial charge >= 0.3 is 0 Å². The van der Waals surface area contributed by atoms with Gasteiger partial charge in [0.15, 0.2) is 0 Å². The van der Waals surface area contributed by atoms with Crippen molar-refractivity contribution in [1.82, 2.24) is 10.3 Å². The van der Waals surface area contributed by atoms with Crippen LogP contribution in [0.15, 0.2) is 42.6 Å². The smallest absolute Gasteiger partial charge is 0.253 e. The number of hydrogen-bond acceptors (Lipinski definition) is 3. The number of rotatable bonds is 4. The van der Waals surface area contributed by atoms with E-state index < -0.39 is 5.82 Å². The Balaban J connectivity index is 1.93. The third-order valence-corrected chi connectivity index (χ3v) is 2.65. The van der Waals surface area contributed by atoms with Crippen LogP contribution >= 0.6 is 0 Å². The van der Waals surface area contributed by atoms with Crippen molar-refractivity contribution >= 4 is 11.6 Å². The van der Waals surface area contributed by atoms with Gasteiger partial charge in [0.2, 0.25) is 0 Å². The van der Waals surface area contributed by atoms with Crippen LogP contribution in [0.25, 0.3) is 0 Å². The average Bonchev–Trinajstić information content (AvgIpc) is 2.42. The quantitative estimate of drug-likeness (QED) is 0.822. The highest BCUT2D eigenvalue weighted by molar-refractivity contribution is 5.99. The van der Waals surface area contributed by atoms with E-state index in [9.17, 15) is 9.18 Å². The SMILES string of the molecule is Nc1ccc(F)cc1C(=O)NCCc1ccccn1. The number of nitrogens with zero attached hydrogens (tertiary/aromatic N) is 1. The molecule has 19 heavy (non-hydrogen) atoms. The first-order valence-electron chi connectivity index (χ1n) is 5.90. The number of carbonyl (C=O) groups excluding carboxylic acids is 1. The Kier molecular flexibility index (Phi) is 4.07. The maximum absolute atomic E-state index is 13.0. The van der Waals surface area contributed by atoms with Crippen LogP contribution in [-0.4, -0.2) is 17.4 Å². The molecule has 2 aromatic rings. The number of benzene rings is 1. The molecule has 1 heterocycles. The molecule has 2 rings (SSSR count). The van der Waals surface area contributed by atoms with E-state index >= 15 is 0 Å². The van der Waals surface area contributed by atoms with Crippen molar-refractivity contribution in [2.45, 2.75) is 6.42 Å². The van der Waals surface area contributed by atoms with E-state index in [1.54, 1.807) is 6.20 Å². The fraction of sp³-hybridized carbons (Fsp3) is 0.143. The summed E-state index contributed by atoms with van der Waals surface area (Å²) in [5.41, 5.74) is 6.93. The number of anilines is 1. The lowest BCUT2D eigenvalue weighted by molar-refractivity contribution is 0.0954. The molecule has 1 aromatic heterocycles. The third kappa shape index (κ3) is 3.51. The number of carbonyl (C=O) groups is 1. The van der Waals surface area contributed by atoms with Gasteiger partial charge in [-0.1, -0.05) is 6.07 Å². The van der Waals surface area contributed by atoms with Gasteiger partial charge in [0.05, 0.1) is 5.56 Å². The number of pyridine rings is 1. The highest BCUT2D eigenvalue weighted by Gasteiger charge is 2.10. The maximum Gasteiger partial charge on any atom is 0.253 e. The van der Waals surface area contributed by atoms with Gasteiger partial charge in [-0.25, -0.2) is 4.39 Å². The minimum absolute atomic E-state index is 0.154. The van der Waals surface area contributed by atoms with Crippen LogP contribution in [-0.2, 0) is 6.42 Å². The van der Waals surface area contributed by atoms with Crippen LogP contribution in [0.5, 0.6) is 0 Å². The van der Waals surface area contributed by atoms with Crippen molar-refractivity contribution in [1.29, 1.82) is 0 Å². The molecular formula is C14H14FN3O. The van der Waals surface area contributed by atoms with Gasteiger partial charge in [-0.15, -0.1) is 0 Å². The summed E-state index contributed by atoms with van der Waals surface area (Å²) in [4.78, 5) is 16.0. The molecule has 0 atom stereocenters. The molecule has 0 aliphatic heterocycles. The zero-order valence-electron chi connectivity index (χ0n) is 10.3. The van der Waals surface area contributed by atoms with E-state index in [0.29, 0.717) is 13.0 Å². The summed E-state index contributed by atoms with van der Waals surface area (Å²) in [6.45, 7) is 0.422. The van der Waals surface area contributed by atoms with Crippen LogP contribution < -0.4 is 11.1 Å². The van der Waals surface area contributed by atoms with Crippen LogP contribution in [0.2, 0.25) is 0 Å². The number of halogens is 1. The first kappa shape index (κ1) is 13.0. The lowest BCUT2D eigenvalue weighted by Crippen LogP contribution is -2.26. The molecule has 4 nitrogen and oxygen atoms in total.